The van der Waals surface area contributed by atoms with Crippen molar-refractivity contribution in [2.24, 2.45) is 0 Å². The van der Waals surface area contributed by atoms with Gasteiger partial charge in [0.2, 0.25) is 5.91 Å². The number of carbonyl (C=O) groups is 1. The first-order chi connectivity index (χ1) is 13.0. The smallest absolute Gasteiger partial charge is 0.237 e. The third kappa shape index (κ3) is 4.19. The molecule has 0 saturated heterocycles. The molecule has 0 spiro atoms. The third-order valence-corrected chi connectivity index (χ3v) is 6.35. The number of thioether (sulfide) groups is 2. The number of hydrogen-bond donors (Lipinski definition) is 1. The van der Waals surface area contributed by atoms with Crippen molar-refractivity contribution in [2.75, 3.05) is 22.9 Å². The molecule has 2 N–H and O–H groups in total. The van der Waals surface area contributed by atoms with E-state index in [-0.39, 0.29) is 28.6 Å². The van der Waals surface area contributed by atoms with E-state index in [1.165, 1.54) is 17.8 Å². The van der Waals surface area contributed by atoms with Gasteiger partial charge in [-0.2, -0.15) is 10.5 Å². The molecule has 0 unspecified atom stereocenters. The van der Waals surface area contributed by atoms with Gasteiger partial charge in [-0.15, -0.1) is 11.8 Å². The molecule has 2 heterocycles. The summed E-state index contributed by atoms with van der Waals surface area (Å²) >= 11 is 2.95. The highest BCUT2D eigenvalue weighted by Gasteiger charge is 2.24. The van der Waals surface area contributed by atoms with Crippen molar-refractivity contribution in [2.45, 2.75) is 28.5 Å². The maximum Gasteiger partial charge on any atom is 0.237 e. The van der Waals surface area contributed by atoms with Crippen molar-refractivity contribution in [1.82, 2.24) is 4.98 Å². The Morgan fingerprint density at radius 1 is 1.37 bits per heavy atom. The van der Waals surface area contributed by atoms with Crippen LogP contribution in [0.15, 0.2) is 40.3 Å². The number of nitrogens with two attached hydrogens (primary N) is 1. The van der Waals surface area contributed by atoms with Crippen LogP contribution in [0.5, 0.6) is 0 Å². The van der Waals surface area contributed by atoms with Crippen LogP contribution in [0.4, 0.5) is 11.5 Å². The van der Waals surface area contributed by atoms with Crippen LogP contribution in [-0.4, -0.2) is 28.4 Å². The maximum atomic E-state index is 12.9. The highest BCUT2D eigenvalue weighted by molar-refractivity contribution is 8.00. The highest BCUT2D eigenvalue weighted by atomic mass is 32.2. The zero-order valence-electron chi connectivity index (χ0n) is 14.7. The van der Waals surface area contributed by atoms with Gasteiger partial charge >= 0.3 is 0 Å². The van der Waals surface area contributed by atoms with E-state index in [0.29, 0.717) is 16.8 Å². The van der Waals surface area contributed by atoms with Gasteiger partial charge in [0.15, 0.2) is 0 Å². The lowest BCUT2D eigenvalue weighted by Crippen LogP contribution is -2.33. The third-order valence-electron chi connectivity index (χ3n) is 4.13. The Hall–Kier alpha value is -2.68. The summed E-state index contributed by atoms with van der Waals surface area (Å²) < 4.78 is 0. The number of nitriles is 2. The van der Waals surface area contributed by atoms with Crippen LogP contribution in [-0.2, 0) is 4.79 Å². The number of benzene rings is 1. The summed E-state index contributed by atoms with van der Waals surface area (Å²) in [5, 5.41) is 19.1. The molecule has 0 bridgehead atoms. The van der Waals surface area contributed by atoms with E-state index in [9.17, 15) is 10.1 Å². The van der Waals surface area contributed by atoms with Crippen molar-refractivity contribution in [3.8, 4) is 12.1 Å². The molecule has 6 nitrogen and oxygen atoms in total. The van der Waals surface area contributed by atoms with Crippen LogP contribution in [0.25, 0.3) is 0 Å². The summed E-state index contributed by atoms with van der Waals surface area (Å²) in [5.41, 5.74) is 7.08. The lowest BCUT2D eigenvalue weighted by Gasteiger charge is -2.22. The molecule has 0 fully saturated rings. The first-order valence-electron chi connectivity index (χ1n) is 8.33. The van der Waals surface area contributed by atoms with Crippen molar-refractivity contribution in [3.63, 3.8) is 0 Å². The fraction of sp³-hybridized carbons (Fsp3) is 0.263. The van der Waals surface area contributed by atoms with Crippen LogP contribution in [0.3, 0.4) is 0 Å². The van der Waals surface area contributed by atoms with E-state index >= 15 is 0 Å². The molecule has 1 aliphatic rings. The Morgan fingerprint density at radius 2 is 2.11 bits per heavy atom. The summed E-state index contributed by atoms with van der Waals surface area (Å²) in [6.07, 6.45) is 0.904. The van der Waals surface area contributed by atoms with E-state index in [1.54, 1.807) is 16.7 Å². The second-order valence-corrected chi connectivity index (χ2v) is 8.46. The van der Waals surface area contributed by atoms with Crippen LogP contribution in [0, 0.1) is 22.7 Å². The molecule has 0 saturated carbocycles. The van der Waals surface area contributed by atoms with Gasteiger partial charge in [-0.3, -0.25) is 4.79 Å². The SMILES string of the molecule is C[C@H]1CCN(C(=O)CSc2nc(N)c(C#N)cc2C#N)c2ccccc2S1. The van der Waals surface area contributed by atoms with Crippen molar-refractivity contribution in [3.05, 3.63) is 41.5 Å². The van der Waals surface area contributed by atoms with Gasteiger partial charge in [0.25, 0.3) is 0 Å². The number of amides is 1. The first kappa shape index (κ1) is 19.1. The van der Waals surface area contributed by atoms with Gasteiger partial charge in [0, 0.05) is 16.7 Å². The molecule has 1 aromatic carbocycles. The number of aromatic nitrogens is 1. The van der Waals surface area contributed by atoms with E-state index in [0.717, 1.165) is 17.0 Å². The second-order valence-electron chi connectivity index (χ2n) is 6.02. The number of nitrogens with zero attached hydrogens (tertiary/aromatic N) is 4. The molecule has 2 aromatic rings. The summed E-state index contributed by atoms with van der Waals surface area (Å²) in [4.78, 5) is 19.9. The predicted octanol–water partition coefficient (Wildman–Crippen LogP) is 3.42. The molecule has 136 valence electrons. The number of fused-ring (bicyclic) bond motifs is 1. The molecule has 1 aliphatic heterocycles. The lowest BCUT2D eigenvalue weighted by atomic mass is 10.2. The zero-order valence-corrected chi connectivity index (χ0v) is 16.3. The minimum absolute atomic E-state index is 0.0456. The number of anilines is 2. The quantitative estimate of drug-likeness (QED) is 0.794. The zero-order chi connectivity index (χ0) is 19.4. The van der Waals surface area contributed by atoms with Gasteiger partial charge in [-0.05, 0) is 24.6 Å². The number of hydrogen-bond acceptors (Lipinski definition) is 7. The van der Waals surface area contributed by atoms with E-state index < -0.39 is 0 Å². The fourth-order valence-electron chi connectivity index (χ4n) is 2.74. The Kier molecular flexibility index (Phi) is 5.90. The summed E-state index contributed by atoms with van der Waals surface area (Å²) in [6.45, 7) is 2.81. The van der Waals surface area contributed by atoms with Gasteiger partial charge < -0.3 is 10.6 Å². The Bertz CT molecular complexity index is 964. The molecule has 3 rings (SSSR count). The average Bonchev–Trinajstić information content (AvgIpc) is 2.84. The van der Waals surface area contributed by atoms with Crippen molar-refractivity contribution in [1.29, 1.82) is 10.5 Å². The molecule has 1 amide bonds. The maximum absolute atomic E-state index is 12.9. The minimum Gasteiger partial charge on any atom is -0.383 e. The van der Waals surface area contributed by atoms with Crippen LogP contribution in [0.1, 0.15) is 24.5 Å². The van der Waals surface area contributed by atoms with E-state index in [4.69, 9.17) is 11.0 Å². The Morgan fingerprint density at radius 3 is 2.85 bits per heavy atom. The molecule has 8 heteroatoms. The Balaban J connectivity index is 1.80. The Labute approximate surface area is 166 Å². The standard InChI is InChI=1S/C19H17N5OS2/c1-12-6-7-24(15-4-2-3-5-16(15)27-12)17(25)11-26-19-14(10-21)8-13(9-20)18(22)23-19/h2-5,8,12H,6-7,11H2,1H3,(H2,22,23)/t12-/m0/s1. The second kappa shape index (κ2) is 8.34. The topological polar surface area (TPSA) is 107 Å². The van der Waals surface area contributed by atoms with Gasteiger partial charge in [0.05, 0.1) is 22.6 Å². The normalized spacial score (nSPS) is 16.0. The van der Waals surface area contributed by atoms with Crippen LogP contribution >= 0.6 is 23.5 Å². The number of rotatable bonds is 3. The van der Waals surface area contributed by atoms with Gasteiger partial charge in [-0.25, -0.2) is 4.98 Å². The van der Waals surface area contributed by atoms with E-state index in [2.05, 4.69) is 11.9 Å². The molecule has 1 aromatic heterocycles. The van der Waals surface area contributed by atoms with Gasteiger partial charge in [-0.1, -0.05) is 30.8 Å². The molecular weight excluding hydrogens is 378 g/mol. The number of nitrogen functional groups attached to an aromatic ring is 1. The van der Waals surface area contributed by atoms with Crippen molar-refractivity contribution < 1.29 is 4.79 Å². The molecule has 1 atom stereocenters. The average molecular weight is 396 g/mol. The summed E-state index contributed by atoms with van der Waals surface area (Å²) in [5.74, 6) is 0.160. The minimum atomic E-state index is -0.0456. The molecular formula is C19H17N5OS2. The lowest BCUT2D eigenvalue weighted by molar-refractivity contribution is -0.116. The highest BCUT2D eigenvalue weighted by Crippen LogP contribution is 2.37. The van der Waals surface area contributed by atoms with Crippen LogP contribution in [0.2, 0.25) is 0 Å². The predicted molar refractivity (Wildman–Crippen MR) is 108 cm³/mol. The largest absolute Gasteiger partial charge is 0.383 e. The molecule has 0 radical (unpaired) electrons. The fourth-order valence-corrected chi connectivity index (χ4v) is 4.70. The number of pyridine rings is 1. The first-order valence-corrected chi connectivity index (χ1v) is 10.2. The van der Waals surface area contributed by atoms with Crippen LogP contribution < -0.4 is 10.6 Å². The van der Waals surface area contributed by atoms with E-state index in [1.807, 2.05) is 36.4 Å². The number of carbonyl (C=O) groups excluding carboxylic acids is 1. The monoisotopic (exact) mass is 395 g/mol. The summed E-state index contributed by atoms with van der Waals surface area (Å²) in [6, 6.07) is 13.2. The number of para-hydroxylation sites is 1. The molecule has 27 heavy (non-hydrogen) atoms. The van der Waals surface area contributed by atoms with Gasteiger partial charge in [0.1, 0.15) is 23.0 Å². The van der Waals surface area contributed by atoms with Crippen molar-refractivity contribution >= 4 is 40.9 Å². The molecule has 0 aliphatic carbocycles. The summed E-state index contributed by atoms with van der Waals surface area (Å²) in [7, 11) is 0.